The zero-order valence-electron chi connectivity index (χ0n) is 24.8. The first-order valence-corrected chi connectivity index (χ1v) is 16.3. The molecule has 0 N–H and O–H groups in total. The monoisotopic (exact) mass is 537 g/mol. The predicted octanol–water partition coefficient (Wildman–Crippen LogP) is 11.4. The van der Waals surface area contributed by atoms with E-state index in [2.05, 4.69) is 110 Å². The van der Waals surface area contributed by atoms with Crippen molar-refractivity contribution in [1.29, 1.82) is 0 Å². The first-order chi connectivity index (χ1) is 20.1. The van der Waals surface area contributed by atoms with E-state index >= 15 is 0 Å². The van der Waals surface area contributed by atoms with Crippen molar-refractivity contribution in [2.75, 3.05) is 4.90 Å². The van der Waals surface area contributed by atoms with Crippen molar-refractivity contribution < 1.29 is 0 Å². The third kappa shape index (κ3) is 4.27. The fraction of sp³-hybridized carbons (Fsp3) is 0.400. The molecule has 3 saturated carbocycles. The molecule has 0 spiro atoms. The Labute approximate surface area is 246 Å². The molecule has 0 saturated heterocycles. The van der Waals surface area contributed by atoms with E-state index in [0.29, 0.717) is 0 Å². The van der Waals surface area contributed by atoms with E-state index in [0.717, 1.165) is 23.7 Å². The number of anilines is 3. The zero-order chi connectivity index (χ0) is 27.6. The zero-order valence-corrected chi connectivity index (χ0v) is 24.8. The fourth-order valence-corrected chi connectivity index (χ4v) is 9.13. The van der Waals surface area contributed by atoms with Gasteiger partial charge in [0, 0.05) is 22.5 Å². The number of nitrogens with zero attached hydrogens (tertiary/aromatic N) is 1. The summed E-state index contributed by atoms with van der Waals surface area (Å²) in [5.74, 6) is 3.38. The number of fused-ring (bicyclic) bond motifs is 5. The topological polar surface area (TPSA) is 3.24 Å². The molecule has 3 atom stereocenters. The third-order valence-electron chi connectivity index (χ3n) is 11.4. The predicted molar refractivity (Wildman–Crippen MR) is 173 cm³/mol. The molecule has 2 bridgehead atoms. The highest BCUT2D eigenvalue weighted by atomic mass is 15.1. The Kier molecular flexibility index (Phi) is 6.13. The van der Waals surface area contributed by atoms with Crippen LogP contribution in [0.2, 0.25) is 0 Å². The highest BCUT2D eigenvalue weighted by Crippen LogP contribution is 2.54. The second kappa shape index (κ2) is 9.90. The second-order valence-corrected chi connectivity index (χ2v) is 14.0. The van der Waals surface area contributed by atoms with Gasteiger partial charge in [-0.2, -0.15) is 0 Å². The Morgan fingerprint density at radius 1 is 0.585 bits per heavy atom. The van der Waals surface area contributed by atoms with Crippen molar-refractivity contribution >= 4 is 17.1 Å². The maximum atomic E-state index is 2.49. The second-order valence-electron chi connectivity index (χ2n) is 14.0. The molecule has 0 amide bonds. The van der Waals surface area contributed by atoms with Gasteiger partial charge in [-0.15, -0.1) is 0 Å². The molecule has 4 aromatic rings. The van der Waals surface area contributed by atoms with Gasteiger partial charge in [-0.05, 0) is 126 Å². The molecule has 1 heteroatoms. The van der Waals surface area contributed by atoms with E-state index < -0.39 is 0 Å². The van der Waals surface area contributed by atoms with E-state index in [1.54, 1.807) is 5.56 Å². The summed E-state index contributed by atoms with van der Waals surface area (Å²) >= 11 is 0. The van der Waals surface area contributed by atoms with Crippen LogP contribution in [0.4, 0.5) is 17.1 Å². The number of hydrogen-bond acceptors (Lipinski definition) is 1. The maximum absolute atomic E-state index is 2.49. The summed E-state index contributed by atoms with van der Waals surface area (Å²) in [6.07, 6.45) is 12.6. The van der Waals surface area contributed by atoms with Crippen molar-refractivity contribution in [3.8, 4) is 11.1 Å². The molecular weight excluding hydrogens is 494 g/mol. The molecule has 3 unspecified atom stereocenters. The average molecular weight is 538 g/mol. The van der Waals surface area contributed by atoms with Crippen LogP contribution in [-0.4, -0.2) is 0 Å². The van der Waals surface area contributed by atoms with E-state index in [-0.39, 0.29) is 5.41 Å². The highest BCUT2D eigenvalue weighted by Gasteiger charge is 2.40. The Hall–Kier alpha value is -3.32. The Morgan fingerprint density at radius 3 is 1.93 bits per heavy atom. The van der Waals surface area contributed by atoms with Crippen LogP contribution < -0.4 is 4.90 Å². The minimum absolute atomic E-state index is 0.00983. The van der Waals surface area contributed by atoms with Gasteiger partial charge in [-0.3, -0.25) is 0 Å². The van der Waals surface area contributed by atoms with E-state index in [1.807, 2.05) is 0 Å². The van der Waals surface area contributed by atoms with Crippen LogP contribution in [0, 0.1) is 11.8 Å². The summed E-state index contributed by atoms with van der Waals surface area (Å²) < 4.78 is 0. The van der Waals surface area contributed by atoms with Gasteiger partial charge in [0.05, 0.1) is 0 Å². The van der Waals surface area contributed by atoms with Crippen molar-refractivity contribution in [2.45, 2.75) is 88.9 Å². The quantitative estimate of drug-likeness (QED) is 0.245. The summed E-state index contributed by atoms with van der Waals surface area (Å²) in [5.41, 5.74) is 12.5. The van der Waals surface area contributed by atoms with Crippen LogP contribution in [0.25, 0.3) is 11.1 Å². The molecule has 4 aliphatic rings. The molecule has 41 heavy (non-hydrogen) atoms. The summed E-state index contributed by atoms with van der Waals surface area (Å²) in [6.45, 7) is 4.77. The Bertz CT molecular complexity index is 1550. The van der Waals surface area contributed by atoms with E-state index in [4.69, 9.17) is 0 Å². The standard InChI is InChI=1S/C40H43N/c1-40(2)38-11-7-6-10-35(38)36-23-22-34(26-39(36)40)41(32-18-14-29(15-19-32)28-8-4-3-5-9-28)33-20-16-30(17-21-33)37-25-27-12-13-31(37)24-27/h6-7,10-11,14-23,26-28,31,37H,3-5,8-9,12-13,24-25H2,1-2H3. The van der Waals surface area contributed by atoms with Crippen molar-refractivity contribution in [3.05, 3.63) is 113 Å². The summed E-state index contributed by atoms with van der Waals surface area (Å²) in [6, 6.07) is 35.4. The lowest BCUT2D eigenvalue weighted by Crippen LogP contribution is -2.16. The first kappa shape index (κ1) is 25.4. The van der Waals surface area contributed by atoms with Gasteiger partial charge < -0.3 is 4.90 Å². The van der Waals surface area contributed by atoms with Crippen LogP contribution >= 0.6 is 0 Å². The lowest BCUT2D eigenvalue weighted by molar-refractivity contribution is 0.420. The summed E-state index contributed by atoms with van der Waals surface area (Å²) in [7, 11) is 0. The minimum Gasteiger partial charge on any atom is -0.310 e. The SMILES string of the molecule is CC1(C)c2ccccc2-c2ccc(N(c3ccc(C4CCCCC4)cc3)c3ccc(C4CC5CCC4C5)cc3)cc21. The van der Waals surface area contributed by atoms with Crippen LogP contribution in [-0.2, 0) is 5.41 Å². The molecule has 0 radical (unpaired) electrons. The normalized spacial score (nSPS) is 24.3. The van der Waals surface area contributed by atoms with Crippen LogP contribution in [0.1, 0.15) is 106 Å². The van der Waals surface area contributed by atoms with E-state index in [9.17, 15) is 0 Å². The average Bonchev–Trinajstić information content (AvgIpc) is 3.72. The van der Waals surface area contributed by atoms with Crippen LogP contribution in [0.3, 0.4) is 0 Å². The molecule has 208 valence electrons. The molecule has 1 nitrogen and oxygen atoms in total. The van der Waals surface area contributed by atoms with Gasteiger partial charge in [-0.1, -0.05) is 94.1 Å². The van der Waals surface area contributed by atoms with Gasteiger partial charge in [0.25, 0.3) is 0 Å². The Morgan fingerprint density at radius 2 is 1.24 bits per heavy atom. The molecule has 8 rings (SSSR count). The molecule has 0 aliphatic heterocycles. The molecule has 0 aromatic heterocycles. The van der Waals surface area contributed by atoms with E-state index in [1.165, 1.54) is 103 Å². The van der Waals surface area contributed by atoms with Crippen molar-refractivity contribution in [1.82, 2.24) is 0 Å². The van der Waals surface area contributed by atoms with Gasteiger partial charge in [0.2, 0.25) is 0 Å². The molecule has 0 heterocycles. The summed E-state index contributed by atoms with van der Waals surface area (Å²) in [5, 5.41) is 0. The van der Waals surface area contributed by atoms with Gasteiger partial charge in [0.15, 0.2) is 0 Å². The van der Waals surface area contributed by atoms with Crippen LogP contribution in [0.15, 0.2) is 91.0 Å². The van der Waals surface area contributed by atoms with Crippen molar-refractivity contribution in [3.63, 3.8) is 0 Å². The van der Waals surface area contributed by atoms with Gasteiger partial charge >= 0.3 is 0 Å². The maximum Gasteiger partial charge on any atom is 0.0465 e. The molecule has 4 aromatic carbocycles. The Balaban J connectivity index is 1.19. The molecular formula is C40H43N. The van der Waals surface area contributed by atoms with Gasteiger partial charge in [0.1, 0.15) is 0 Å². The fourth-order valence-electron chi connectivity index (χ4n) is 9.13. The van der Waals surface area contributed by atoms with Crippen LogP contribution in [0.5, 0.6) is 0 Å². The lowest BCUT2D eigenvalue weighted by Gasteiger charge is -2.29. The number of benzene rings is 4. The van der Waals surface area contributed by atoms with Gasteiger partial charge in [-0.25, -0.2) is 0 Å². The minimum atomic E-state index is -0.00983. The summed E-state index contributed by atoms with van der Waals surface area (Å²) in [4.78, 5) is 2.49. The number of hydrogen-bond donors (Lipinski definition) is 0. The third-order valence-corrected chi connectivity index (χ3v) is 11.4. The largest absolute Gasteiger partial charge is 0.310 e. The highest BCUT2D eigenvalue weighted by molar-refractivity contribution is 5.85. The van der Waals surface area contributed by atoms with Crippen molar-refractivity contribution in [2.24, 2.45) is 11.8 Å². The molecule has 4 aliphatic carbocycles. The molecule has 3 fully saturated rings. The lowest BCUT2D eigenvalue weighted by atomic mass is 9.82. The first-order valence-electron chi connectivity index (χ1n) is 16.3. The smallest absolute Gasteiger partial charge is 0.0465 e. The number of rotatable bonds is 5.